The molecule has 0 saturated heterocycles. The molecule has 1 amide bonds. The van der Waals surface area contributed by atoms with Crippen LogP contribution in [0.25, 0.3) is 0 Å². The number of benzene rings is 2. The van der Waals surface area contributed by atoms with E-state index in [2.05, 4.69) is 5.32 Å². The van der Waals surface area contributed by atoms with Gasteiger partial charge in [0.15, 0.2) is 11.6 Å². The third-order valence-corrected chi connectivity index (χ3v) is 4.68. The van der Waals surface area contributed by atoms with Crippen molar-refractivity contribution in [1.82, 2.24) is 5.32 Å². The van der Waals surface area contributed by atoms with Gasteiger partial charge >= 0.3 is 0 Å². The van der Waals surface area contributed by atoms with Crippen LogP contribution in [-0.4, -0.2) is 18.3 Å². The van der Waals surface area contributed by atoms with Crippen LogP contribution in [0.5, 0.6) is 5.75 Å². The molecule has 0 heterocycles. The summed E-state index contributed by atoms with van der Waals surface area (Å²) in [6.07, 6.45) is 0. The van der Waals surface area contributed by atoms with Crippen molar-refractivity contribution in [3.8, 4) is 5.75 Å². The van der Waals surface area contributed by atoms with E-state index in [9.17, 15) is 13.6 Å². The van der Waals surface area contributed by atoms with Crippen molar-refractivity contribution in [1.29, 1.82) is 0 Å². The summed E-state index contributed by atoms with van der Waals surface area (Å²) in [6, 6.07) is 10.7. The van der Waals surface area contributed by atoms with Crippen LogP contribution in [0.2, 0.25) is 0 Å². The van der Waals surface area contributed by atoms with Crippen LogP contribution >= 0.6 is 11.8 Å². The van der Waals surface area contributed by atoms with Crippen LogP contribution in [0.15, 0.2) is 42.5 Å². The van der Waals surface area contributed by atoms with Crippen LogP contribution in [-0.2, 0) is 17.1 Å². The molecule has 0 fully saturated rings. The summed E-state index contributed by atoms with van der Waals surface area (Å²) >= 11 is 1.42. The fraction of sp³-hybridized carbons (Fsp3) is 0.278. The van der Waals surface area contributed by atoms with E-state index in [-0.39, 0.29) is 22.7 Å². The van der Waals surface area contributed by atoms with Crippen LogP contribution in [0.1, 0.15) is 18.1 Å². The average molecular weight is 351 g/mol. The van der Waals surface area contributed by atoms with Gasteiger partial charge in [0.1, 0.15) is 5.82 Å². The van der Waals surface area contributed by atoms with E-state index in [1.54, 1.807) is 31.2 Å². The highest BCUT2D eigenvalue weighted by Gasteiger charge is 2.14. The molecule has 0 radical (unpaired) electrons. The first-order valence-electron chi connectivity index (χ1n) is 7.45. The lowest BCUT2D eigenvalue weighted by Gasteiger charge is -2.12. The molecule has 0 aliphatic rings. The highest BCUT2D eigenvalue weighted by molar-refractivity contribution is 7.99. The zero-order chi connectivity index (χ0) is 17.5. The monoisotopic (exact) mass is 351 g/mol. The molecule has 0 aliphatic heterocycles. The van der Waals surface area contributed by atoms with Crippen molar-refractivity contribution in [2.45, 2.75) is 24.5 Å². The molecule has 2 rings (SSSR count). The van der Waals surface area contributed by atoms with Crippen LogP contribution in [0.3, 0.4) is 0 Å². The summed E-state index contributed by atoms with van der Waals surface area (Å²) in [4.78, 5) is 12.1. The lowest BCUT2D eigenvalue weighted by molar-refractivity contribution is -0.120. The Morgan fingerprint density at radius 2 is 1.83 bits per heavy atom. The molecular weight excluding hydrogens is 332 g/mol. The van der Waals surface area contributed by atoms with E-state index >= 15 is 0 Å². The van der Waals surface area contributed by atoms with Crippen molar-refractivity contribution < 1.29 is 18.3 Å². The van der Waals surface area contributed by atoms with Gasteiger partial charge in [-0.1, -0.05) is 18.2 Å². The van der Waals surface area contributed by atoms with E-state index in [0.717, 1.165) is 11.1 Å². The van der Waals surface area contributed by atoms with Crippen molar-refractivity contribution >= 4 is 17.7 Å². The number of nitrogens with one attached hydrogen (secondary N) is 1. The first-order chi connectivity index (χ1) is 11.5. The molecule has 0 saturated carbocycles. The van der Waals surface area contributed by atoms with E-state index < -0.39 is 5.82 Å². The summed E-state index contributed by atoms with van der Waals surface area (Å²) in [6.45, 7) is 2.14. The Morgan fingerprint density at radius 1 is 1.17 bits per heavy atom. The van der Waals surface area contributed by atoms with Gasteiger partial charge in [0.05, 0.1) is 12.4 Å². The first-order valence-corrected chi connectivity index (χ1v) is 8.50. The second-order valence-corrected chi connectivity index (χ2v) is 6.60. The zero-order valence-electron chi connectivity index (χ0n) is 13.5. The van der Waals surface area contributed by atoms with Gasteiger partial charge in [0, 0.05) is 12.3 Å². The second kappa shape index (κ2) is 8.68. The molecule has 0 bridgehead atoms. The molecule has 0 spiro atoms. The minimum atomic E-state index is -0.413. The maximum atomic E-state index is 13.6. The number of hydrogen-bond acceptors (Lipinski definition) is 3. The fourth-order valence-electron chi connectivity index (χ4n) is 2.03. The molecule has 24 heavy (non-hydrogen) atoms. The summed E-state index contributed by atoms with van der Waals surface area (Å²) in [5.41, 5.74) is 1.62. The normalized spacial score (nSPS) is 11.8. The van der Waals surface area contributed by atoms with E-state index in [1.807, 2.05) is 0 Å². The number of ether oxygens (including phenoxy) is 1. The quantitative estimate of drug-likeness (QED) is 0.822. The highest BCUT2D eigenvalue weighted by Crippen LogP contribution is 2.23. The zero-order valence-corrected chi connectivity index (χ0v) is 14.3. The molecule has 0 aromatic heterocycles. The number of methoxy groups -OCH3 is 1. The number of rotatable bonds is 7. The van der Waals surface area contributed by atoms with Crippen molar-refractivity contribution in [2.75, 3.05) is 7.11 Å². The second-order valence-electron chi connectivity index (χ2n) is 5.27. The molecule has 2 aromatic carbocycles. The van der Waals surface area contributed by atoms with Gasteiger partial charge in [-0.15, -0.1) is 11.8 Å². The first kappa shape index (κ1) is 18.3. The number of carbonyl (C=O) groups excluding carboxylic acids is 1. The molecule has 1 atom stereocenters. The molecule has 128 valence electrons. The summed E-state index contributed by atoms with van der Waals surface area (Å²) < 4.78 is 31.3. The molecule has 1 N–H and O–H groups in total. The van der Waals surface area contributed by atoms with Gasteiger partial charge in [-0.3, -0.25) is 4.79 Å². The average Bonchev–Trinajstić information content (AvgIpc) is 2.59. The predicted molar refractivity (Wildman–Crippen MR) is 92.0 cm³/mol. The summed E-state index contributed by atoms with van der Waals surface area (Å²) in [5, 5.41) is 2.53. The minimum absolute atomic E-state index is 0.113. The van der Waals surface area contributed by atoms with Gasteiger partial charge in [-0.25, -0.2) is 8.78 Å². The predicted octanol–water partition coefficient (Wildman–Crippen LogP) is 3.91. The third kappa shape index (κ3) is 5.23. The topological polar surface area (TPSA) is 38.3 Å². The summed E-state index contributed by atoms with van der Waals surface area (Å²) in [7, 11) is 1.42. The van der Waals surface area contributed by atoms with Crippen molar-refractivity contribution in [3.63, 3.8) is 0 Å². The Labute approximate surface area is 144 Å². The molecule has 2 aromatic rings. The maximum absolute atomic E-state index is 13.6. The minimum Gasteiger partial charge on any atom is -0.494 e. The number of hydrogen-bond donors (Lipinski definition) is 1. The Bertz CT molecular complexity index is 692. The lowest BCUT2D eigenvalue weighted by atomic mass is 10.2. The van der Waals surface area contributed by atoms with Gasteiger partial charge in [-0.2, -0.15) is 0 Å². The van der Waals surface area contributed by atoms with Crippen molar-refractivity contribution in [3.05, 3.63) is 65.2 Å². The molecule has 1 unspecified atom stereocenters. The number of halogens is 2. The van der Waals surface area contributed by atoms with Crippen LogP contribution in [0, 0.1) is 11.6 Å². The highest BCUT2D eigenvalue weighted by atomic mass is 32.2. The molecule has 3 nitrogen and oxygen atoms in total. The Morgan fingerprint density at radius 3 is 2.46 bits per heavy atom. The van der Waals surface area contributed by atoms with Crippen molar-refractivity contribution in [2.24, 2.45) is 0 Å². The molecule has 6 heteroatoms. The smallest absolute Gasteiger partial charge is 0.233 e. The third-order valence-electron chi connectivity index (χ3n) is 3.47. The lowest BCUT2D eigenvalue weighted by Crippen LogP contribution is -2.30. The van der Waals surface area contributed by atoms with Crippen LogP contribution < -0.4 is 10.1 Å². The van der Waals surface area contributed by atoms with Gasteiger partial charge in [0.2, 0.25) is 5.91 Å². The maximum Gasteiger partial charge on any atom is 0.233 e. The Balaban J connectivity index is 1.81. The Hall–Kier alpha value is -2.08. The number of carbonyl (C=O) groups is 1. The Kier molecular flexibility index (Phi) is 6.61. The largest absolute Gasteiger partial charge is 0.494 e. The number of thioether (sulfide) groups is 1. The van der Waals surface area contributed by atoms with E-state index in [4.69, 9.17) is 4.74 Å². The summed E-state index contributed by atoms with van der Waals surface area (Å²) in [5.74, 6) is -0.108. The van der Waals surface area contributed by atoms with Gasteiger partial charge in [-0.05, 0) is 42.3 Å². The molecule has 0 aliphatic carbocycles. The SMILES string of the molecule is COc1ccc(CSC(C)C(=O)NCc2ccc(F)cc2)cc1F. The van der Waals surface area contributed by atoms with E-state index in [0.29, 0.717) is 12.3 Å². The fourth-order valence-corrected chi connectivity index (χ4v) is 2.89. The molecular formula is C18H19F2NO2S. The standard InChI is InChI=1S/C18H19F2NO2S/c1-12(18(22)21-10-13-3-6-15(19)7-4-13)24-11-14-5-8-17(23-2)16(20)9-14/h3-9,12H,10-11H2,1-2H3,(H,21,22). The van der Waals surface area contributed by atoms with Crippen LogP contribution in [0.4, 0.5) is 8.78 Å². The van der Waals surface area contributed by atoms with Gasteiger partial charge < -0.3 is 10.1 Å². The van der Waals surface area contributed by atoms with E-state index in [1.165, 1.54) is 37.1 Å². The number of amides is 1. The van der Waals surface area contributed by atoms with Gasteiger partial charge in [0.25, 0.3) is 0 Å².